The van der Waals surface area contributed by atoms with Crippen LogP contribution in [-0.2, 0) is 4.79 Å². The second kappa shape index (κ2) is 6.54. The van der Waals surface area contributed by atoms with Gasteiger partial charge in [0.1, 0.15) is 0 Å². The first-order chi connectivity index (χ1) is 8.58. The van der Waals surface area contributed by atoms with Gasteiger partial charge in [-0.2, -0.15) is 0 Å². The van der Waals surface area contributed by atoms with Crippen molar-refractivity contribution in [2.45, 2.75) is 13.8 Å². The van der Waals surface area contributed by atoms with E-state index >= 15 is 0 Å². The summed E-state index contributed by atoms with van der Waals surface area (Å²) in [7, 11) is 0. The minimum atomic E-state index is -1.03. The number of carbonyl (C=O) groups excluding carboxylic acids is 1. The van der Waals surface area contributed by atoms with Gasteiger partial charge in [-0.15, -0.1) is 0 Å². The van der Waals surface area contributed by atoms with E-state index in [-0.39, 0.29) is 5.91 Å². The van der Waals surface area contributed by atoms with E-state index in [1.54, 1.807) is 11.0 Å². The lowest BCUT2D eigenvalue weighted by atomic mass is 10.1. The highest BCUT2D eigenvalue weighted by Crippen LogP contribution is 2.08. The highest BCUT2D eigenvalue weighted by Gasteiger charge is 2.12. The van der Waals surface area contributed by atoms with E-state index in [0.717, 1.165) is 6.08 Å². The summed E-state index contributed by atoms with van der Waals surface area (Å²) in [6.45, 7) is 5.07. The maximum Gasteiger partial charge on any atom is 0.328 e. The summed E-state index contributed by atoms with van der Waals surface area (Å²) in [5.41, 5.74) is 1.06. The van der Waals surface area contributed by atoms with Gasteiger partial charge in [0.25, 0.3) is 5.91 Å². The zero-order valence-corrected chi connectivity index (χ0v) is 10.5. The number of aromatic nitrogens is 1. The molecule has 0 saturated carbocycles. The van der Waals surface area contributed by atoms with Crippen LogP contribution in [0.25, 0.3) is 6.08 Å². The molecule has 1 aromatic rings. The molecule has 18 heavy (non-hydrogen) atoms. The minimum absolute atomic E-state index is 0.0990. The molecule has 0 radical (unpaired) electrons. The van der Waals surface area contributed by atoms with Crippen molar-refractivity contribution in [2.75, 3.05) is 13.1 Å². The van der Waals surface area contributed by atoms with Gasteiger partial charge in [0.15, 0.2) is 0 Å². The molecule has 0 saturated heterocycles. The first-order valence-electron chi connectivity index (χ1n) is 5.73. The average Bonchev–Trinajstić information content (AvgIpc) is 2.38. The number of amides is 1. The monoisotopic (exact) mass is 248 g/mol. The number of pyridine rings is 1. The molecule has 0 fully saturated rings. The Labute approximate surface area is 106 Å². The number of aliphatic carboxylic acids is 1. The van der Waals surface area contributed by atoms with Gasteiger partial charge >= 0.3 is 5.97 Å². The minimum Gasteiger partial charge on any atom is -0.478 e. The predicted octanol–water partition coefficient (Wildman–Crippen LogP) is 1.66. The van der Waals surface area contributed by atoms with Gasteiger partial charge in [-0.3, -0.25) is 9.78 Å². The van der Waals surface area contributed by atoms with Gasteiger partial charge in [-0.1, -0.05) is 0 Å². The Kier molecular flexibility index (Phi) is 5.05. The summed E-state index contributed by atoms with van der Waals surface area (Å²) in [5, 5.41) is 8.54. The van der Waals surface area contributed by atoms with Gasteiger partial charge < -0.3 is 10.0 Å². The fourth-order valence-electron chi connectivity index (χ4n) is 1.53. The maximum absolute atomic E-state index is 12.0. The molecular formula is C13H16N2O3. The number of hydrogen-bond acceptors (Lipinski definition) is 3. The van der Waals surface area contributed by atoms with E-state index in [0.29, 0.717) is 24.2 Å². The second-order valence-electron chi connectivity index (χ2n) is 3.66. The number of rotatable bonds is 5. The van der Waals surface area contributed by atoms with Crippen molar-refractivity contribution in [3.63, 3.8) is 0 Å². The summed E-state index contributed by atoms with van der Waals surface area (Å²) >= 11 is 0. The van der Waals surface area contributed by atoms with E-state index in [2.05, 4.69) is 4.98 Å². The van der Waals surface area contributed by atoms with Crippen LogP contribution in [0.5, 0.6) is 0 Å². The van der Waals surface area contributed by atoms with Crippen LogP contribution in [0.15, 0.2) is 24.5 Å². The second-order valence-corrected chi connectivity index (χ2v) is 3.66. The van der Waals surface area contributed by atoms with Crippen molar-refractivity contribution >= 4 is 18.0 Å². The maximum atomic E-state index is 12.0. The Balaban J connectivity index is 2.94. The first-order valence-corrected chi connectivity index (χ1v) is 5.73. The molecular weight excluding hydrogens is 232 g/mol. The summed E-state index contributed by atoms with van der Waals surface area (Å²) < 4.78 is 0. The highest BCUT2D eigenvalue weighted by molar-refractivity contribution is 5.94. The SMILES string of the molecule is CCN(CC)C(=O)c1cncc(C=CC(=O)O)c1. The van der Waals surface area contributed by atoms with Gasteiger partial charge in [-0.25, -0.2) is 4.79 Å². The van der Waals surface area contributed by atoms with Gasteiger partial charge in [0.05, 0.1) is 5.56 Å². The standard InChI is InChI=1S/C13H16N2O3/c1-3-15(4-2)13(18)11-7-10(8-14-9-11)5-6-12(16)17/h5-9H,3-4H2,1-2H3,(H,16,17). The Hall–Kier alpha value is -2.17. The molecule has 96 valence electrons. The summed E-state index contributed by atoms with van der Waals surface area (Å²) in [4.78, 5) is 28.1. The van der Waals surface area contributed by atoms with Crippen molar-refractivity contribution in [3.05, 3.63) is 35.7 Å². The van der Waals surface area contributed by atoms with Crippen molar-refractivity contribution in [1.82, 2.24) is 9.88 Å². The lowest BCUT2D eigenvalue weighted by molar-refractivity contribution is -0.131. The lowest BCUT2D eigenvalue weighted by Crippen LogP contribution is -2.30. The van der Waals surface area contributed by atoms with Crippen molar-refractivity contribution in [2.24, 2.45) is 0 Å². The zero-order valence-electron chi connectivity index (χ0n) is 10.5. The zero-order chi connectivity index (χ0) is 13.5. The Morgan fingerprint density at radius 3 is 2.56 bits per heavy atom. The van der Waals surface area contributed by atoms with Gasteiger partial charge in [0.2, 0.25) is 0 Å². The average molecular weight is 248 g/mol. The molecule has 1 heterocycles. The van der Waals surface area contributed by atoms with Crippen molar-refractivity contribution in [1.29, 1.82) is 0 Å². The lowest BCUT2D eigenvalue weighted by Gasteiger charge is -2.18. The van der Waals surface area contributed by atoms with Crippen LogP contribution in [0.3, 0.4) is 0 Å². The summed E-state index contributed by atoms with van der Waals surface area (Å²) in [5.74, 6) is -1.13. The third-order valence-corrected chi connectivity index (χ3v) is 2.48. The number of nitrogens with zero attached hydrogens (tertiary/aromatic N) is 2. The quantitative estimate of drug-likeness (QED) is 0.804. The molecule has 0 unspecified atom stereocenters. The molecule has 0 atom stereocenters. The molecule has 1 rings (SSSR count). The molecule has 0 aliphatic heterocycles. The van der Waals surface area contributed by atoms with Gasteiger partial charge in [-0.05, 0) is 31.6 Å². The third-order valence-electron chi connectivity index (χ3n) is 2.48. The highest BCUT2D eigenvalue weighted by atomic mass is 16.4. The Morgan fingerprint density at radius 2 is 2.00 bits per heavy atom. The Bertz CT molecular complexity index is 465. The van der Waals surface area contributed by atoms with E-state index < -0.39 is 5.97 Å². The van der Waals surface area contributed by atoms with Crippen LogP contribution in [0.1, 0.15) is 29.8 Å². The molecule has 1 aromatic heterocycles. The number of hydrogen-bond donors (Lipinski definition) is 1. The van der Waals surface area contributed by atoms with Crippen LogP contribution < -0.4 is 0 Å². The smallest absolute Gasteiger partial charge is 0.328 e. The molecule has 1 N–H and O–H groups in total. The normalized spacial score (nSPS) is 10.6. The fraction of sp³-hybridized carbons (Fsp3) is 0.308. The van der Waals surface area contributed by atoms with Gasteiger partial charge in [0, 0.05) is 31.6 Å². The van der Waals surface area contributed by atoms with Crippen LogP contribution >= 0.6 is 0 Å². The number of carboxylic acid groups (broad SMARTS) is 1. The molecule has 0 aliphatic rings. The van der Waals surface area contributed by atoms with Crippen molar-refractivity contribution < 1.29 is 14.7 Å². The molecule has 1 amide bonds. The molecule has 0 aromatic carbocycles. The molecule has 5 nitrogen and oxygen atoms in total. The summed E-state index contributed by atoms with van der Waals surface area (Å²) in [6.07, 6.45) is 5.42. The van der Waals surface area contributed by atoms with Crippen LogP contribution in [0.4, 0.5) is 0 Å². The van der Waals surface area contributed by atoms with Crippen LogP contribution in [0.2, 0.25) is 0 Å². The predicted molar refractivity (Wildman–Crippen MR) is 68.2 cm³/mol. The van der Waals surface area contributed by atoms with E-state index in [1.165, 1.54) is 18.5 Å². The largest absolute Gasteiger partial charge is 0.478 e. The van der Waals surface area contributed by atoms with E-state index in [9.17, 15) is 9.59 Å². The van der Waals surface area contributed by atoms with Crippen LogP contribution in [0, 0.1) is 0 Å². The van der Waals surface area contributed by atoms with E-state index in [1.807, 2.05) is 13.8 Å². The number of carbonyl (C=O) groups is 2. The topological polar surface area (TPSA) is 70.5 Å². The van der Waals surface area contributed by atoms with E-state index in [4.69, 9.17) is 5.11 Å². The fourth-order valence-corrected chi connectivity index (χ4v) is 1.53. The third kappa shape index (κ3) is 3.69. The number of carboxylic acids is 1. The first kappa shape index (κ1) is 13.9. The molecule has 0 aliphatic carbocycles. The summed E-state index contributed by atoms with van der Waals surface area (Å²) in [6, 6.07) is 1.63. The Morgan fingerprint density at radius 1 is 1.33 bits per heavy atom. The van der Waals surface area contributed by atoms with Crippen LogP contribution in [-0.4, -0.2) is 40.0 Å². The molecule has 0 bridgehead atoms. The van der Waals surface area contributed by atoms with Crippen molar-refractivity contribution in [3.8, 4) is 0 Å². The molecule has 0 spiro atoms. The molecule has 5 heteroatoms.